The first-order chi connectivity index (χ1) is 11.3. The summed E-state index contributed by atoms with van der Waals surface area (Å²) in [5.74, 6) is 0.283. The molecule has 0 aliphatic rings. The second-order valence-electron chi connectivity index (χ2n) is 6.05. The molecule has 0 bridgehead atoms. The number of imidazole rings is 1. The number of fused-ring (bicyclic) bond motifs is 1. The number of nitrogens with zero attached hydrogens (tertiary/aromatic N) is 3. The fourth-order valence-electron chi connectivity index (χ4n) is 2.71. The highest BCUT2D eigenvalue weighted by Crippen LogP contribution is 2.21. The zero-order chi connectivity index (χ0) is 17.5. The molecular formula is C16H20N4O3S. The van der Waals surface area contributed by atoms with Gasteiger partial charge in [0, 0.05) is 12.6 Å². The number of benzene rings is 1. The lowest BCUT2D eigenvalue weighted by molar-refractivity contribution is 0.390. The van der Waals surface area contributed by atoms with Crippen LogP contribution < -0.4 is 4.72 Å². The number of nitrogens with one attached hydrogen (secondary N) is 1. The van der Waals surface area contributed by atoms with Gasteiger partial charge in [0.2, 0.25) is 10.0 Å². The van der Waals surface area contributed by atoms with Crippen LogP contribution in [0.1, 0.15) is 36.9 Å². The van der Waals surface area contributed by atoms with E-state index in [-0.39, 0.29) is 17.2 Å². The summed E-state index contributed by atoms with van der Waals surface area (Å²) < 4.78 is 34.5. The first-order valence-electron chi connectivity index (χ1n) is 7.67. The normalized spacial score (nSPS) is 12.4. The van der Waals surface area contributed by atoms with Crippen molar-refractivity contribution in [2.45, 2.75) is 45.2 Å². The highest BCUT2D eigenvalue weighted by atomic mass is 32.2. The quantitative estimate of drug-likeness (QED) is 0.765. The van der Waals surface area contributed by atoms with Crippen LogP contribution in [-0.4, -0.2) is 23.1 Å². The topological polar surface area (TPSA) is 90.0 Å². The Hall–Kier alpha value is -2.19. The van der Waals surface area contributed by atoms with E-state index < -0.39 is 10.0 Å². The van der Waals surface area contributed by atoms with Crippen molar-refractivity contribution < 1.29 is 12.9 Å². The van der Waals surface area contributed by atoms with E-state index in [4.69, 9.17) is 4.52 Å². The second-order valence-corrected chi connectivity index (χ2v) is 7.75. The fourth-order valence-corrected chi connectivity index (χ4v) is 4.05. The summed E-state index contributed by atoms with van der Waals surface area (Å²) >= 11 is 0. The maximum absolute atomic E-state index is 12.4. The third kappa shape index (κ3) is 2.94. The second kappa shape index (κ2) is 6.03. The van der Waals surface area contributed by atoms with E-state index in [2.05, 4.69) is 33.3 Å². The zero-order valence-electron chi connectivity index (χ0n) is 14.1. The minimum absolute atomic E-state index is 0.104. The summed E-state index contributed by atoms with van der Waals surface area (Å²) in [4.78, 5) is 4.49. The van der Waals surface area contributed by atoms with Gasteiger partial charge >= 0.3 is 0 Å². The first-order valence-corrected chi connectivity index (χ1v) is 9.16. The van der Waals surface area contributed by atoms with Gasteiger partial charge in [-0.2, -0.15) is 0 Å². The smallest absolute Gasteiger partial charge is 0.246 e. The Labute approximate surface area is 140 Å². The number of aryl methyl sites for hydroxylation is 2. The summed E-state index contributed by atoms with van der Waals surface area (Å²) in [6.45, 7) is 7.55. The van der Waals surface area contributed by atoms with Gasteiger partial charge in [-0.15, -0.1) is 0 Å². The predicted octanol–water partition coefficient (Wildman–Crippen LogP) is 2.70. The Kier molecular flexibility index (Phi) is 4.18. The van der Waals surface area contributed by atoms with Crippen LogP contribution in [0.5, 0.6) is 0 Å². The minimum atomic E-state index is -3.67. The molecular weight excluding hydrogens is 328 g/mol. The van der Waals surface area contributed by atoms with Crippen LogP contribution in [0.4, 0.5) is 0 Å². The number of rotatable bonds is 5. The Balaban J connectivity index is 1.83. The van der Waals surface area contributed by atoms with Crippen molar-refractivity contribution in [2.24, 2.45) is 0 Å². The number of aromatic nitrogens is 3. The van der Waals surface area contributed by atoms with E-state index in [0.717, 1.165) is 16.6 Å². The molecule has 0 amide bonds. The lowest BCUT2D eigenvalue weighted by Crippen LogP contribution is -2.24. The predicted molar refractivity (Wildman–Crippen MR) is 90.1 cm³/mol. The highest BCUT2D eigenvalue weighted by molar-refractivity contribution is 7.89. The van der Waals surface area contributed by atoms with E-state index in [1.807, 2.05) is 18.2 Å². The molecule has 3 aromatic rings. The van der Waals surface area contributed by atoms with Gasteiger partial charge in [-0.3, -0.25) is 0 Å². The summed E-state index contributed by atoms with van der Waals surface area (Å²) in [6, 6.07) is 6.07. The van der Waals surface area contributed by atoms with Gasteiger partial charge in [0.1, 0.15) is 10.6 Å². The van der Waals surface area contributed by atoms with Crippen LogP contribution in [0, 0.1) is 13.8 Å². The molecule has 7 nitrogen and oxygen atoms in total. The van der Waals surface area contributed by atoms with Crippen molar-refractivity contribution in [1.29, 1.82) is 0 Å². The summed E-state index contributed by atoms with van der Waals surface area (Å²) in [6.07, 6.45) is 1.80. The molecule has 0 aliphatic heterocycles. The van der Waals surface area contributed by atoms with E-state index in [1.54, 1.807) is 20.2 Å². The Bertz CT molecular complexity index is 967. The van der Waals surface area contributed by atoms with Crippen LogP contribution in [0.25, 0.3) is 11.0 Å². The van der Waals surface area contributed by atoms with Gasteiger partial charge in [-0.25, -0.2) is 18.1 Å². The van der Waals surface area contributed by atoms with Crippen LogP contribution in [0.15, 0.2) is 33.9 Å². The third-order valence-corrected chi connectivity index (χ3v) is 5.54. The molecule has 8 heteroatoms. The largest absolute Gasteiger partial charge is 0.360 e. The molecule has 0 saturated heterocycles. The molecule has 128 valence electrons. The van der Waals surface area contributed by atoms with Crippen molar-refractivity contribution >= 4 is 21.1 Å². The van der Waals surface area contributed by atoms with E-state index in [0.29, 0.717) is 11.7 Å². The highest BCUT2D eigenvalue weighted by Gasteiger charge is 2.23. The van der Waals surface area contributed by atoms with Crippen molar-refractivity contribution in [3.05, 3.63) is 41.5 Å². The SMILES string of the molecule is Cc1noc(C)c1S(=O)(=O)NCc1ccc2c(c1)ncn2C(C)C. The van der Waals surface area contributed by atoms with Crippen molar-refractivity contribution in [3.63, 3.8) is 0 Å². The van der Waals surface area contributed by atoms with Crippen molar-refractivity contribution in [2.75, 3.05) is 0 Å². The van der Waals surface area contributed by atoms with E-state index in [1.165, 1.54) is 0 Å². The molecule has 0 fully saturated rings. The molecule has 3 rings (SSSR count). The van der Waals surface area contributed by atoms with Gasteiger partial charge in [0.05, 0.1) is 17.4 Å². The summed E-state index contributed by atoms with van der Waals surface area (Å²) in [5, 5.41) is 3.69. The van der Waals surface area contributed by atoms with Gasteiger partial charge in [0.15, 0.2) is 5.76 Å². The zero-order valence-corrected chi connectivity index (χ0v) is 14.9. The number of hydrogen-bond donors (Lipinski definition) is 1. The molecule has 2 aromatic heterocycles. The maximum Gasteiger partial charge on any atom is 0.246 e. The standard InChI is InChI=1S/C16H20N4O3S/c1-10(2)20-9-17-14-7-13(5-6-15(14)20)8-18-24(21,22)16-11(3)19-23-12(16)4/h5-7,9-10,18H,8H2,1-4H3. The number of sulfonamides is 1. The fraction of sp³-hybridized carbons (Fsp3) is 0.375. The molecule has 0 saturated carbocycles. The maximum atomic E-state index is 12.4. The minimum Gasteiger partial charge on any atom is -0.360 e. The lowest BCUT2D eigenvalue weighted by Gasteiger charge is -2.09. The average Bonchev–Trinajstić information content (AvgIpc) is 3.08. The molecule has 0 unspecified atom stereocenters. The van der Waals surface area contributed by atoms with Crippen LogP contribution in [0.3, 0.4) is 0 Å². The van der Waals surface area contributed by atoms with Crippen LogP contribution >= 0.6 is 0 Å². The lowest BCUT2D eigenvalue weighted by atomic mass is 10.2. The average molecular weight is 348 g/mol. The van der Waals surface area contributed by atoms with E-state index >= 15 is 0 Å². The molecule has 1 N–H and O–H groups in total. The number of hydrogen-bond acceptors (Lipinski definition) is 5. The molecule has 24 heavy (non-hydrogen) atoms. The molecule has 1 aromatic carbocycles. The van der Waals surface area contributed by atoms with Gasteiger partial charge in [-0.1, -0.05) is 11.2 Å². The van der Waals surface area contributed by atoms with Crippen molar-refractivity contribution in [1.82, 2.24) is 19.4 Å². The molecule has 0 spiro atoms. The van der Waals surface area contributed by atoms with Crippen molar-refractivity contribution in [3.8, 4) is 0 Å². The van der Waals surface area contributed by atoms with Crippen LogP contribution in [-0.2, 0) is 16.6 Å². The molecule has 0 radical (unpaired) electrons. The first kappa shape index (κ1) is 16.7. The summed E-state index contributed by atoms with van der Waals surface area (Å²) in [5.41, 5.74) is 3.07. The molecule has 0 aliphatic carbocycles. The molecule has 2 heterocycles. The van der Waals surface area contributed by atoms with Gasteiger partial charge in [0.25, 0.3) is 0 Å². The monoisotopic (exact) mass is 348 g/mol. The van der Waals surface area contributed by atoms with Gasteiger partial charge < -0.3 is 9.09 Å². The molecule has 0 atom stereocenters. The van der Waals surface area contributed by atoms with Crippen LogP contribution in [0.2, 0.25) is 0 Å². The Morgan fingerprint density at radius 3 is 2.67 bits per heavy atom. The van der Waals surface area contributed by atoms with E-state index in [9.17, 15) is 8.42 Å². The third-order valence-electron chi connectivity index (χ3n) is 3.90. The summed E-state index contributed by atoms with van der Waals surface area (Å²) in [7, 11) is -3.67. The van der Waals surface area contributed by atoms with Gasteiger partial charge in [-0.05, 0) is 45.4 Å². The Morgan fingerprint density at radius 1 is 1.29 bits per heavy atom. The Morgan fingerprint density at radius 2 is 2.04 bits per heavy atom.